The van der Waals surface area contributed by atoms with E-state index in [-0.39, 0.29) is 5.75 Å². The van der Waals surface area contributed by atoms with Gasteiger partial charge in [-0.25, -0.2) is 0 Å². The lowest BCUT2D eigenvalue weighted by atomic mass is 10.3. The minimum atomic E-state index is -4.29. The molecule has 0 radical (unpaired) electrons. The zero-order valence-corrected chi connectivity index (χ0v) is 11.5. The van der Waals surface area contributed by atoms with Crippen LogP contribution in [0.3, 0.4) is 0 Å². The molecule has 0 bridgehead atoms. The van der Waals surface area contributed by atoms with Crippen LogP contribution in [0.5, 0.6) is 5.75 Å². The fraction of sp³-hybridized carbons (Fsp3) is 0. The predicted octanol–water partition coefficient (Wildman–Crippen LogP) is 3.02. The monoisotopic (exact) mass is 313 g/mol. The maximum absolute atomic E-state index is 12.1. The lowest BCUT2D eigenvalue weighted by Gasteiger charge is -2.07. The number of benzene rings is 2. The minimum absolute atomic E-state index is 0.0209. The molecule has 8 heteroatoms. The van der Waals surface area contributed by atoms with Crippen molar-refractivity contribution in [3.63, 3.8) is 0 Å². The normalized spacial score (nSPS) is 11.1. The van der Waals surface area contributed by atoms with Crippen LogP contribution in [0.25, 0.3) is 0 Å². The Bertz CT molecular complexity index is 743. The first-order valence-electron chi connectivity index (χ1n) is 5.33. The summed E-state index contributed by atoms with van der Waals surface area (Å²) in [4.78, 5) is 9.55. The molecule has 0 aromatic heterocycles. The number of nitro groups is 1. The van der Waals surface area contributed by atoms with E-state index in [0.717, 1.165) is 12.1 Å². The van der Waals surface area contributed by atoms with Gasteiger partial charge in [-0.1, -0.05) is 23.7 Å². The summed E-state index contributed by atoms with van der Waals surface area (Å²) in [7, 11) is -4.29. The number of halogens is 1. The number of nitro benzene ring substituents is 1. The first kappa shape index (κ1) is 14.3. The molecule has 20 heavy (non-hydrogen) atoms. The van der Waals surface area contributed by atoms with Crippen molar-refractivity contribution >= 4 is 27.4 Å². The molecule has 2 aromatic rings. The standard InChI is InChI=1S/C12H8ClNO5S/c13-9-5-7-10(8-6-9)19-20(17,18)12-4-2-1-3-11(12)14(15)16/h1-8H. The third-order valence-electron chi connectivity index (χ3n) is 2.35. The Kier molecular flexibility index (Phi) is 3.91. The van der Waals surface area contributed by atoms with Crippen LogP contribution in [0.1, 0.15) is 0 Å². The van der Waals surface area contributed by atoms with Crippen LogP contribution in [0, 0.1) is 10.1 Å². The van der Waals surface area contributed by atoms with E-state index >= 15 is 0 Å². The van der Waals surface area contributed by atoms with Crippen molar-refractivity contribution in [3.05, 3.63) is 63.7 Å². The Morgan fingerprint density at radius 3 is 2.25 bits per heavy atom. The second-order valence-electron chi connectivity index (χ2n) is 3.72. The highest BCUT2D eigenvalue weighted by Crippen LogP contribution is 2.26. The summed E-state index contributed by atoms with van der Waals surface area (Å²) >= 11 is 5.67. The topological polar surface area (TPSA) is 86.5 Å². The molecule has 0 spiro atoms. The number of hydrogen-bond donors (Lipinski definition) is 0. The van der Waals surface area contributed by atoms with Crippen molar-refractivity contribution in [3.8, 4) is 5.75 Å². The molecule has 0 N–H and O–H groups in total. The fourth-order valence-corrected chi connectivity index (χ4v) is 2.71. The second kappa shape index (κ2) is 5.48. The van der Waals surface area contributed by atoms with Crippen molar-refractivity contribution in [1.29, 1.82) is 0 Å². The van der Waals surface area contributed by atoms with Gasteiger partial charge in [0, 0.05) is 11.1 Å². The molecule has 0 aliphatic carbocycles. The van der Waals surface area contributed by atoms with Crippen molar-refractivity contribution in [2.24, 2.45) is 0 Å². The van der Waals surface area contributed by atoms with Crippen molar-refractivity contribution in [1.82, 2.24) is 0 Å². The summed E-state index contributed by atoms with van der Waals surface area (Å²) in [5.41, 5.74) is -0.540. The molecule has 0 unspecified atom stereocenters. The van der Waals surface area contributed by atoms with E-state index in [0.29, 0.717) is 5.02 Å². The lowest BCUT2D eigenvalue weighted by molar-refractivity contribution is -0.387. The summed E-state index contributed by atoms with van der Waals surface area (Å²) in [6.07, 6.45) is 0. The minimum Gasteiger partial charge on any atom is -0.379 e. The van der Waals surface area contributed by atoms with Crippen molar-refractivity contribution in [2.45, 2.75) is 4.90 Å². The van der Waals surface area contributed by atoms with Crippen LogP contribution >= 0.6 is 11.6 Å². The zero-order valence-electron chi connectivity index (χ0n) is 9.89. The summed E-state index contributed by atoms with van der Waals surface area (Å²) in [6.45, 7) is 0. The van der Waals surface area contributed by atoms with Crippen LogP contribution in [-0.2, 0) is 10.1 Å². The van der Waals surface area contributed by atoms with Gasteiger partial charge in [-0.2, -0.15) is 8.42 Å². The van der Waals surface area contributed by atoms with E-state index in [1.165, 1.54) is 36.4 Å². The third kappa shape index (κ3) is 3.06. The largest absolute Gasteiger partial charge is 0.379 e. The van der Waals surface area contributed by atoms with Gasteiger partial charge in [-0.3, -0.25) is 10.1 Å². The van der Waals surface area contributed by atoms with Crippen LogP contribution < -0.4 is 4.18 Å². The molecule has 0 atom stereocenters. The molecule has 2 aromatic carbocycles. The number of rotatable bonds is 4. The highest BCUT2D eigenvalue weighted by atomic mass is 35.5. The van der Waals surface area contributed by atoms with Crippen LogP contribution in [-0.4, -0.2) is 13.3 Å². The van der Waals surface area contributed by atoms with E-state index in [1.807, 2.05) is 0 Å². The molecule has 0 heterocycles. The number of nitrogens with zero attached hydrogens (tertiary/aromatic N) is 1. The Morgan fingerprint density at radius 1 is 1.05 bits per heavy atom. The van der Waals surface area contributed by atoms with Gasteiger partial charge in [0.1, 0.15) is 5.75 Å². The summed E-state index contributed by atoms with van der Waals surface area (Å²) in [5.74, 6) is 0.0209. The molecule has 104 valence electrons. The smallest absolute Gasteiger partial charge is 0.346 e. The van der Waals surface area contributed by atoms with E-state index in [1.54, 1.807) is 0 Å². The maximum atomic E-state index is 12.1. The molecule has 0 amide bonds. The van der Waals surface area contributed by atoms with Crippen LogP contribution in [0.15, 0.2) is 53.4 Å². The van der Waals surface area contributed by atoms with Gasteiger partial charge in [-0.15, -0.1) is 0 Å². The van der Waals surface area contributed by atoms with Gasteiger partial charge in [0.05, 0.1) is 4.92 Å². The first-order chi connectivity index (χ1) is 9.40. The SMILES string of the molecule is O=[N+]([O-])c1ccccc1S(=O)(=O)Oc1ccc(Cl)cc1. The second-order valence-corrected chi connectivity index (χ2v) is 5.67. The van der Waals surface area contributed by atoms with Gasteiger partial charge in [0.2, 0.25) is 0 Å². The van der Waals surface area contributed by atoms with Crippen LogP contribution in [0.2, 0.25) is 5.02 Å². The Balaban J connectivity index is 2.41. The molecule has 6 nitrogen and oxygen atoms in total. The van der Waals surface area contributed by atoms with Gasteiger partial charge < -0.3 is 4.18 Å². The average Bonchev–Trinajstić information content (AvgIpc) is 2.41. The third-order valence-corrected chi connectivity index (χ3v) is 3.90. The summed E-state index contributed by atoms with van der Waals surface area (Å²) in [6, 6.07) is 10.6. The average molecular weight is 314 g/mol. The fourth-order valence-electron chi connectivity index (χ4n) is 1.48. The van der Waals surface area contributed by atoms with Gasteiger partial charge in [0.15, 0.2) is 4.90 Å². The van der Waals surface area contributed by atoms with Crippen LogP contribution in [0.4, 0.5) is 5.69 Å². The Labute approximate surface area is 119 Å². The quantitative estimate of drug-likeness (QED) is 0.492. The Morgan fingerprint density at radius 2 is 1.65 bits per heavy atom. The summed E-state index contributed by atoms with van der Waals surface area (Å²) < 4.78 is 28.9. The molecule has 2 rings (SSSR count). The van der Waals surface area contributed by atoms with E-state index in [9.17, 15) is 18.5 Å². The Hall–Kier alpha value is -2.12. The van der Waals surface area contributed by atoms with Crippen molar-refractivity contribution in [2.75, 3.05) is 0 Å². The molecule has 0 aliphatic rings. The molecule has 0 fully saturated rings. The number of hydrogen-bond acceptors (Lipinski definition) is 5. The molecule has 0 aliphatic heterocycles. The van der Waals surface area contributed by atoms with E-state index in [4.69, 9.17) is 15.8 Å². The highest BCUT2D eigenvalue weighted by molar-refractivity contribution is 7.87. The molecular weight excluding hydrogens is 306 g/mol. The van der Waals surface area contributed by atoms with Gasteiger partial charge in [-0.05, 0) is 30.3 Å². The van der Waals surface area contributed by atoms with E-state index < -0.39 is 25.6 Å². The lowest BCUT2D eigenvalue weighted by Crippen LogP contribution is -2.11. The van der Waals surface area contributed by atoms with Gasteiger partial charge in [0.25, 0.3) is 5.69 Å². The zero-order chi connectivity index (χ0) is 14.8. The van der Waals surface area contributed by atoms with Gasteiger partial charge >= 0.3 is 10.1 Å². The first-order valence-corrected chi connectivity index (χ1v) is 7.12. The molecular formula is C12H8ClNO5S. The molecule has 0 saturated carbocycles. The van der Waals surface area contributed by atoms with E-state index in [2.05, 4.69) is 0 Å². The van der Waals surface area contributed by atoms with Crippen molar-refractivity contribution < 1.29 is 17.5 Å². The molecule has 0 saturated heterocycles. The maximum Gasteiger partial charge on any atom is 0.346 e. The number of para-hydroxylation sites is 1. The highest BCUT2D eigenvalue weighted by Gasteiger charge is 2.27. The predicted molar refractivity (Wildman–Crippen MR) is 72.4 cm³/mol. The summed E-state index contributed by atoms with van der Waals surface area (Å²) in [5, 5.41) is 11.3.